The van der Waals surface area contributed by atoms with Crippen molar-refractivity contribution in [1.29, 1.82) is 0 Å². The topological polar surface area (TPSA) is 17.1 Å². The lowest BCUT2D eigenvalue weighted by molar-refractivity contribution is -0.125. The van der Waals surface area contributed by atoms with Gasteiger partial charge in [-0.3, -0.25) is 4.79 Å². The molecule has 0 spiro atoms. The molecule has 0 aromatic heterocycles. The average molecular weight is 124 g/mol. The molecule has 0 amide bonds. The van der Waals surface area contributed by atoms with Crippen LogP contribution in [0.5, 0.6) is 0 Å². The van der Waals surface area contributed by atoms with E-state index in [0.29, 0.717) is 17.6 Å². The number of ketones is 1. The standard InChI is InChI=1S/C8H12O/c1-5-4-6-2-3-7(9)8(5)6/h5-6,8H,2-4H2,1H3/t5-,6-,8+/m1/s1. The van der Waals surface area contributed by atoms with Crippen LogP contribution in [0.2, 0.25) is 0 Å². The zero-order valence-corrected chi connectivity index (χ0v) is 5.76. The second-order valence-corrected chi connectivity index (χ2v) is 3.50. The van der Waals surface area contributed by atoms with Gasteiger partial charge in [0.25, 0.3) is 0 Å². The van der Waals surface area contributed by atoms with Crippen molar-refractivity contribution in [2.45, 2.75) is 26.2 Å². The van der Waals surface area contributed by atoms with Gasteiger partial charge in [0.05, 0.1) is 0 Å². The lowest BCUT2D eigenvalue weighted by Gasteiger charge is -2.36. The first-order valence-electron chi connectivity index (χ1n) is 3.82. The van der Waals surface area contributed by atoms with E-state index in [1.165, 1.54) is 12.8 Å². The second-order valence-electron chi connectivity index (χ2n) is 3.50. The van der Waals surface area contributed by atoms with Crippen molar-refractivity contribution in [2.24, 2.45) is 17.8 Å². The highest BCUT2D eigenvalue weighted by Crippen LogP contribution is 2.48. The third kappa shape index (κ3) is 0.577. The summed E-state index contributed by atoms with van der Waals surface area (Å²) in [5.41, 5.74) is 0. The van der Waals surface area contributed by atoms with Crippen molar-refractivity contribution in [2.75, 3.05) is 0 Å². The molecule has 0 N–H and O–H groups in total. The zero-order chi connectivity index (χ0) is 6.43. The highest BCUT2D eigenvalue weighted by Gasteiger charge is 2.46. The lowest BCUT2D eigenvalue weighted by Crippen LogP contribution is -2.34. The maximum Gasteiger partial charge on any atom is 0.136 e. The number of Topliss-reactive ketones (excluding diaryl/α,β-unsaturated/α-hetero) is 1. The van der Waals surface area contributed by atoms with Crippen molar-refractivity contribution in [3.63, 3.8) is 0 Å². The van der Waals surface area contributed by atoms with E-state index in [4.69, 9.17) is 0 Å². The molecule has 2 fully saturated rings. The van der Waals surface area contributed by atoms with Gasteiger partial charge in [-0.2, -0.15) is 0 Å². The summed E-state index contributed by atoms with van der Waals surface area (Å²) in [5, 5.41) is 0. The van der Waals surface area contributed by atoms with E-state index < -0.39 is 0 Å². The Labute approximate surface area is 55.4 Å². The molecule has 1 heteroatoms. The Hall–Kier alpha value is -0.330. The van der Waals surface area contributed by atoms with Crippen LogP contribution in [-0.4, -0.2) is 5.78 Å². The summed E-state index contributed by atoms with van der Waals surface area (Å²) < 4.78 is 0. The predicted octanol–water partition coefficient (Wildman–Crippen LogP) is 1.62. The van der Waals surface area contributed by atoms with E-state index >= 15 is 0 Å². The number of carbonyl (C=O) groups is 1. The number of hydrogen-bond acceptors (Lipinski definition) is 1. The molecule has 0 unspecified atom stereocenters. The molecule has 0 aliphatic heterocycles. The highest BCUT2D eigenvalue weighted by molar-refractivity contribution is 5.84. The zero-order valence-electron chi connectivity index (χ0n) is 5.76. The van der Waals surface area contributed by atoms with Crippen molar-refractivity contribution < 1.29 is 4.79 Å². The third-order valence-corrected chi connectivity index (χ3v) is 2.93. The number of fused-ring (bicyclic) bond motifs is 1. The number of carbonyl (C=O) groups excluding carboxylic acids is 1. The van der Waals surface area contributed by atoms with Crippen LogP contribution in [0, 0.1) is 17.8 Å². The quantitative estimate of drug-likeness (QED) is 0.479. The van der Waals surface area contributed by atoms with E-state index in [1.807, 2.05) is 0 Å². The highest BCUT2D eigenvalue weighted by atomic mass is 16.1. The fourth-order valence-electron chi connectivity index (χ4n) is 2.41. The monoisotopic (exact) mass is 124 g/mol. The molecule has 0 radical (unpaired) electrons. The third-order valence-electron chi connectivity index (χ3n) is 2.93. The van der Waals surface area contributed by atoms with Gasteiger partial charge in [0, 0.05) is 12.3 Å². The molecule has 50 valence electrons. The largest absolute Gasteiger partial charge is 0.299 e. The van der Waals surface area contributed by atoms with Gasteiger partial charge in [0.2, 0.25) is 0 Å². The maximum atomic E-state index is 11.0. The Bertz CT molecular complexity index is 151. The molecule has 0 heterocycles. The first-order chi connectivity index (χ1) is 4.29. The first-order valence-corrected chi connectivity index (χ1v) is 3.82. The van der Waals surface area contributed by atoms with Gasteiger partial charge in [-0.25, -0.2) is 0 Å². The SMILES string of the molecule is C[C@@H]1C[C@H]2CCC(=O)[C@H]21. The van der Waals surface area contributed by atoms with Gasteiger partial charge in [0.15, 0.2) is 0 Å². The van der Waals surface area contributed by atoms with Crippen molar-refractivity contribution >= 4 is 5.78 Å². The molecule has 2 saturated carbocycles. The van der Waals surface area contributed by atoms with Crippen molar-refractivity contribution in [3.8, 4) is 0 Å². The summed E-state index contributed by atoms with van der Waals surface area (Å²) in [5.74, 6) is 2.54. The molecule has 0 aromatic carbocycles. The fraction of sp³-hybridized carbons (Fsp3) is 0.875. The summed E-state index contributed by atoms with van der Waals surface area (Å²) in [6.45, 7) is 2.20. The Morgan fingerprint density at radius 2 is 2.33 bits per heavy atom. The van der Waals surface area contributed by atoms with Crippen LogP contribution in [0.1, 0.15) is 26.2 Å². The van der Waals surface area contributed by atoms with E-state index in [2.05, 4.69) is 6.92 Å². The minimum Gasteiger partial charge on any atom is -0.299 e. The molecular formula is C8H12O. The van der Waals surface area contributed by atoms with E-state index in [1.54, 1.807) is 0 Å². The molecule has 0 bridgehead atoms. The van der Waals surface area contributed by atoms with E-state index in [0.717, 1.165) is 12.3 Å². The molecular weight excluding hydrogens is 112 g/mol. The van der Waals surface area contributed by atoms with Gasteiger partial charge in [-0.1, -0.05) is 6.92 Å². The smallest absolute Gasteiger partial charge is 0.136 e. The normalized spacial score (nSPS) is 48.6. The van der Waals surface area contributed by atoms with Gasteiger partial charge >= 0.3 is 0 Å². The van der Waals surface area contributed by atoms with E-state index in [9.17, 15) is 4.79 Å². The van der Waals surface area contributed by atoms with Crippen LogP contribution >= 0.6 is 0 Å². The lowest BCUT2D eigenvalue weighted by atomic mass is 9.67. The Morgan fingerprint density at radius 3 is 2.78 bits per heavy atom. The van der Waals surface area contributed by atoms with Crippen LogP contribution in [0.4, 0.5) is 0 Å². The molecule has 9 heavy (non-hydrogen) atoms. The maximum absolute atomic E-state index is 11.0. The van der Waals surface area contributed by atoms with Gasteiger partial charge in [0.1, 0.15) is 5.78 Å². The van der Waals surface area contributed by atoms with Crippen LogP contribution in [0.15, 0.2) is 0 Å². The van der Waals surface area contributed by atoms with Crippen LogP contribution in [0.25, 0.3) is 0 Å². The summed E-state index contributed by atoms with van der Waals surface area (Å²) in [7, 11) is 0. The molecule has 3 atom stereocenters. The fourth-order valence-corrected chi connectivity index (χ4v) is 2.41. The van der Waals surface area contributed by atoms with Gasteiger partial charge in [-0.15, -0.1) is 0 Å². The summed E-state index contributed by atoms with van der Waals surface area (Å²) in [6, 6.07) is 0. The van der Waals surface area contributed by atoms with Gasteiger partial charge < -0.3 is 0 Å². The molecule has 2 rings (SSSR count). The predicted molar refractivity (Wildman–Crippen MR) is 35.0 cm³/mol. The van der Waals surface area contributed by atoms with Crippen LogP contribution in [-0.2, 0) is 4.79 Å². The van der Waals surface area contributed by atoms with E-state index in [-0.39, 0.29) is 0 Å². The first kappa shape index (κ1) is 5.45. The molecule has 2 aliphatic carbocycles. The second kappa shape index (κ2) is 1.59. The molecule has 2 aliphatic rings. The number of hydrogen-bond donors (Lipinski definition) is 0. The minimum absolute atomic E-state index is 0.491. The minimum atomic E-state index is 0.491. The molecule has 1 nitrogen and oxygen atoms in total. The average Bonchev–Trinajstić information content (AvgIpc) is 2.04. The van der Waals surface area contributed by atoms with Gasteiger partial charge in [-0.05, 0) is 24.7 Å². The van der Waals surface area contributed by atoms with Crippen LogP contribution in [0.3, 0.4) is 0 Å². The Morgan fingerprint density at radius 1 is 1.56 bits per heavy atom. The van der Waals surface area contributed by atoms with Crippen LogP contribution < -0.4 is 0 Å². The Kier molecular flexibility index (Phi) is 0.961. The summed E-state index contributed by atoms with van der Waals surface area (Å²) >= 11 is 0. The Balaban J connectivity index is 2.14. The number of rotatable bonds is 0. The molecule has 0 aromatic rings. The summed E-state index contributed by atoms with van der Waals surface area (Å²) in [4.78, 5) is 11.0. The van der Waals surface area contributed by atoms with Crippen molar-refractivity contribution in [1.82, 2.24) is 0 Å². The molecule has 0 saturated heterocycles. The summed E-state index contributed by atoms with van der Waals surface area (Å²) in [6.07, 6.45) is 3.38. The van der Waals surface area contributed by atoms with Crippen molar-refractivity contribution in [3.05, 3.63) is 0 Å².